The van der Waals surface area contributed by atoms with Gasteiger partial charge in [-0.15, -0.1) is 22.7 Å². The van der Waals surface area contributed by atoms with Crippen LogP contribution in [0.25, 0.3) is 31.6 Å². The lowest BCUT2D eigenvalue weighted by Crippen LogP contribution is -2.51. The van der Waals surface area contributed by atoms with Crippen molar-refractivity contribution in [1.82, 2.24) is 20.3 Å². The minimum atomic E-state index is -2.73. The number of carbonyl (C=O) groups excluding carboxylic acids is 2. The fourth-order valence-corrected chi connectivity index (χ4v) is 7.40. The number of aromatic hydroxyl groups is 1. The number of nitrogens with one attached hydrogen (secondary N) is 1. The lowest BCUT2D eigenvalue weighted by atomic mass is 9.95. The van der Waals surface area contributed by atoms with Crippen LogP contribution in [0.4, 0.5) is 17.6 Å². The highest BCUT2D eigenvalue weighted by atomic mass is 35.5. The second kappa shape index (κ2) is 14.0. The summed E-state index contributed by atoms with van der Waals surface area (Å²) in [6, 6.07) is 15.8. The second-order valence-corrected chi connectivity index (χ2v) is 13.8. The first-order chi connectivity index (χ1) is 24.9. The molecule has 0 bridgehead atoms. The predicted octanol–water partition coefficient (Wildman–Crippen LogP) is 7.58. The van der Waals surface area contributed by atoms with Gasteiger partial charge in [-0.3, -0.25) is 9.59 Å². The Morgan fingerprint density at radius 3 is 2.54 bits per heavy atom. The quantitative estimate of drug-likeness (QED) is 0.0734. The normalized spacial score (nSPS) is 17.9. The molecule has 10 nitrogen and oxygen atoms in total. The van der Waals surface area contributed by atoms with Gasteiger partial charge in [-0.1, -0.05) is 41.9 Å². The second-order valence-electron chi connectivity index (χ2n) is 11.2. The fourth-order valence-electron chi connectivity index (χ4n) is 5.47. The summed E-state index contributed by atoms with van der Waals surface area (Å²) in [7, 11) is 0. The van der Waals surface area contributed by atoms with Gasteiger partial charge in [0.2, 0.25) is 5.79 Å². The van der Waals surface area contributed by atoms with Crippen molar-refractivity contribution in [2.24, 2.45) is 5.73 Å². The van der Waals surface area contributed by atoms with Gasteiger partial charge >= 0.3 is 0 Å². The Labute approximate surface area is 303 Å². The van der Waals surface area contributed by atoms with Crippen LogP contribution in [-0.2, 0) is 20.9 Å². The molecule has 0 aliphatic heterocycles. The molecular weight excluding hydrogens is 746 g/mol. The Morgan fingerprint density at radius 1 is 1.00 bits per heavy atom. The molecule has 3 atom stereocenters. The maximum Gasteiger partial charge on any atom is 0.259 e. The Kier molecular flexibility index (Phi) is 9.50. The van der Waals surface area contributed by atoms with Gasteiger partial charge in [-0.25, -0.2) is 32.5 Å². The Balaban J connectivity index is 1.30. The largest absolute Gasteiger partial charge is 0.507 e. The van der Waals surface area contributed by atoms with Crippen LogP contribution < -0.4 is 11.1 Å². The number of benzene rings is 3. The van der Waals surface area contributed by atoms with Gasteiger partial charge in [0, 0.05) is 23.4 Å². The number of fused-ring (bicyclic) bond motifs is 2. The Bertz CT molecular complexity index is 2420. The molecule has 0 fully saturated rings. The van der Waals surface area contributed by atoms with Gasteiger partial charge in [0.25, 0.3) is 11.8 Å². The topological polar surface area (TPSA) is 150 Å². The first-order valence-corrected chi connectivity index (χ1v) is 17.1. The molecule has 3 unspecified atom stereocenters. The molecule has 3 aromatic carbocycles. The van der Waals surface area contributed by atoms with Gasteiger partial charge in [-0.05, 0) is 42.5 Å². The number of ether oxygens (including phenoxy) is 2. The number of allylic oxidation sites excluding steroid dienone is 2. The van der Waals surface area contributed by atoms with Crippen molar-refractivity contribution in [2.75, 3.05) is 0 Å². The number of nitrogens with two attached hydrogens (primary N) is 1. The fraction of sp³-hybridized carbons (Fsp3) is 0.114. The van der Waals surface area contributed by atoms with E-state index in [-0.39, 0.29) is 32.0 Å². The summed E-state index contributed by atoms with van der Waals surface area (Å²) in [6.45, 7) is -0.484. The molecular formula is C35H22ClF4N5O5S2. The lowest BCUT2D eigenvalue weighted by molar-refractivity contribution is -0.264. The summed E-state index contributed by atoms with van der Waals surface area (Å²) in [4.78, 5) is 39.0. The van der Waals surface area contributed by atoms with Crippen LogP contribution in [0.3, 0.4) is 0 Å². The van der Waals surface area contributed by atoms with Gasteiger partial charge in [0.1, 0.15) is 50.5 Å². The molecule has 3 heterocycles. The van der Waals surface area contributed by atoms with E-state index >= 15 is 13.2 Å². The number of thiazole rings is 2. The van der Waals surface area contributed by atoms with Crippen LogP contribution >= 0.6 is 34.3 Å². The summed E-state index contributed by atoms with van der Waals surface area (Å²) < 4.78 is 76.0. The summed E-state index contributed by atoms with van der Waals surface area (Å²) in [5.41, 5.74) is 3.75. The predicted molar refractivity (Wildman–Crippen MR) is 186 cm³/mol. The SMILES string of the molecule is NC(=O)C1=C(F)C=CC(OCc2nc3cc(Cl)ncc3s2)(OC(NC(=O)c2c(F)ccc(-c3ccccc3O)c2F)c2nc3ccccc3s2)C1F. The van der Waals surface area contributed by atoms with Crippen molar-refractivity contribution in [3.63, 3.8) is 0 Å². The third kappa shape index (κ3) is 6.62. The Hall–Kier alpha value is -5.26. The van der Waals surface area contributed by atoms with E-state index < -0.39 is 65.2 Å². The van der Waals surface area contributed by atoms with Crippen molar-refractivity contribution < 1.29 is 41.7 Å². The monoisotopic (exact) mass is 767 g/mol. The van der Waals surface area contributed by atoms with E-state index in [1.54, 1.807) is 24.3 Å². The zero-order valence-corrected chi connectivity index (χ0v) is 28.5. The van der Waals surface area contributed by atoms with Crippen molar-refractivity contribution in [2.45, 2.75) is 24.8 Å². The molecule has 264 valence electrons. The number of rotatable bonds is 10. The molecule has 52 heavy (non-hydrogen) atoms. The van der Waals surface area contributed by atoms with E-state index in [1.165, 1.54) is 36.5 Å². The standard InChI is InChI=1S/C35H22ClF4N5O5S2/c36-25-13-21-24(14-42-25)51-26(43-21)15-49-35(12-11-19(38)28(30(35)40)31(41)47)50-33(34-44-20-6-2-4-8-23(20)52-34)45-32(48)27-18(37)10-9-17(29(27)39)16-5-1-3-7-22(16)46/h1-14,30,33,46H,15H2,(H2,41,47)(H,45,48). The highest BCUT2D eigenvalue weighted by Crippen LogP contribution is 2.41. The highest BCUT2D eigenvalue weighted by molar-refractivity contribution is 7.18. The minimum Gasteiger partial charge on any atom is -0.507 e. The van der Waals surface area contributed by atoms with E-state index in [4.69, 9.17) is 26.8 Å². The van der Waals surface area contributed by atoms with E-state index in [9.17, 15) is 19.1 Å². The van der Waals surface area contributed by atoms with Crippen LogP contribution in [0.2, 0.25) is 5.15 Å². The van der Waals surface area contributed by atoms with Crippen molar-refractivity contribution in [3.8, 4) is 16.9 Å². The summed E-state index contributed by atoms with van der Waals surface area (Å²) in [5.74, 6) is -9.74. The summed E-state index contributed by atoms with van der Waals surface area (Å²) in [6.07, 6.45) is -1.54. The zero-order chi connectivity index (χ0) is 36.7. The van der Waals surface area contributed by atoms with Crippen LogP contribution in [0.5, 0.6) is 5.75 Å². The highest BCUT2D eigenvalue weighted by Gasteiger charge is 2.50. The van der Waals surface area contributed by atoms with Crippen LogP contribution in [0.15, 0.2) is 96.5 Å². The average Bonchev–Trinajstić information content (AvgIpc) is 3.73. The van der Waals surface area contributed by atoms with Crippen molar-refractivity contribution in [3.05, 3.63) is 129 Å². The van der Waals surface area contributed by atoms with Gasteiger partial charge in [-0.2, -0.15) is 0 Å². The number of hydrogen-bond donors (Lipinski definition) is 3. The lowest BCUT2D eigenvalue weighted by Gasteiger charge is -2.38. The van der Waals surface area contributed by atoms with E-state index in [0.717, 1.165) is 40.9 Å². The zero-order valence-electron chi connectivity index (χ0n) is 26.2. The number of aromatic nitrogens is 3. The molecule has 1 aliphatic carbocycles. The minimum absolute atomic E-state index is 0.0197. The number of pyridine rings is 1. The number of halogens is 5. The molecule has 0 saturated heterocycles. The number of primary amides is 1. The molecule has 0 radical (unpaired) electrons. The number of alkyl halides is 1. The molecule has 0 spiro atoms. The van der Waals surface area contributed by atoms with E-state index in [0.29, 0.717) is 26.5 Å². The Morgan fingerprint density at radius 2 is 1.77 bits per heavy atom. The third-order valence-corrected chi connectivity index (χ3v) is 10.2. The summed E-state index contributed by atoms with van der Waals surface area (Å²) in [5, 5.41) is 13.1. The van der Waals surface area contributed by atoms with E-state index in [2.05, 4.69) is 20.3 Å². The number of phenolic OH excluding ortho intramolecular Hbond substituents is 1. The number of amides is 2. The molecule has 1 aliphatic rings. The van der Waals surface area contributed by atoms with Crippen molar-refractivity contribution >= 4 is 66.5 Å². The average molecular weight is 768 g/mol. The van der Waals surface area contributed by atoms with Gasteiger partial charge in [0.15, 0.2) is 12.4 Å². The number of carbonyl (C=O) groups is 2. The van der Waals surface area contributed by atoms with Crippen LogP contribution in [-0.4, -0.2) is 43.8 Å². The molecule has 2 amide bonds. The van der Waals surface area contributed by atoms with Gasteiger partial charge < -0.3 is 25.6 Å². The number of para-hydroxylation sites is 2. The smallest absolute Gasteiger partial charge is 0.259 e. The van der Waals surface area contributed by atoms with Gasteiger partial charge in [0.05, 0.1) is 26.0 Å². The third-order valence-electron chi connectivity index (χ3n) is 7.91. The molecule has 17 heteroatoms. The molecule has 7 rings (SSSR count). The number of hydrogen-bond acceptors (Lipinski definition) is 10. The first-order valence-electron chi connectivity index (χ1n) is 15.1. The van der Waals surface area contributed by atoms with Crippen molar-refractivity contribution in [1.29, 1.82) is 0 Å². The van der Waals surface area contributed by atoms with Crippen LogP contribution in [0.1, 0.15) is 26.6 Å². The summed E-state index contributed by atoms with van der Waals surface area (Å²) >= 11 is 8.09. The number of nitrogens with zero attached hydrogens (tertiary/aromatic N) is 3. The number of phenols is 1. The van der Waals surface area contributed by atoms with Crippen LogP contribution in [0, 0.1) is 11.6 Å². The molecule has 4 N–H and O–H groups in total. The molecule has 0 saturated carbocycles. The first kappa shape index (κ1) is 35.2. The maximum absolute atomic E-state index is 16.6. The molecule has 3 aromatic heterocycles. The van der Waals surface area contributed by atoms with E-state index in [1.807, 2.05) is 0 Å². The maximum atomic E-state index is 16.6. The molecule has 6 aromatic rings.